The van der Waals surface area contributed by atoms with Gasteiger partial charge in [-0.05, 0) is 20.8 Å². The van der Waals surface area contributed by atoms with Crippen molar-refractivity contribution in [2.24, 2.45) is 0 Å². The second kappa shape index (κ2) is 8.59. The lowest BCUT2D eigenvalue weighted by atomic mass is 10.1. The smallest absolute Gasteiger partial charge is 0.270 e. The number of ether oxygens (including phenoxy) is 2. The topological polar surface area (TPSA) is 111 Å². The van der Waals surface area contributed by atoms with Crippen molar-refractivity contribution >= 4 is 17.5 Å². The van der Waals surface area contributed by atoms with Crippen LogP contribution < -0.4 is 15.0 Å². The second-order valence-corrected chi connectivity index (χ2v) is 6.62. The maximum atomic E-state index is 9.95. The van der Waals surface area contributed by atoms with Gasteiger partial charge in [0.2, 0.25) is 5.82 Å². The molecule has 1 aliphatic rings. The molecule has 1 atom stereocenters. The van der Waals surface area contributed by atoms with Crippen molar-refractivity contribution in [2.45, 2.75) is 32.4 Å². The Bertz CT molecular complexity index is 432. The molecule has 2 heterocycles. The molecule has 1 saturated heterocycles. The lowest BCUT2D eigenvalue weighted by Gasteiger charge is -2.27. The van der Waals surface area contributed by atoms with E-state index in [0.717, 1.165) is 30.6 Å². The van der Waals surface area contributed by atoms with Crippen LogP contribution in [0.5, 0.6) is 5.88 Å². The third-order valence-corrected chi connectivity index (χ3v) is 3.54. The maximum absolute atomic E-state index is 9.95. The molecule has 0 spiro atoms. The van der Waals surface area contributed by atoms with Gasteiger partial charge in [-0.25, -0.2) is 0 Å². The SMILES string of the molecule is CC(C)(C)NC[C@H](O)COc1nsnc1N1CCOCC1.O. The van der Waals surface area contributed by atoms with E-state index in [-0.39, 0.29) is 17.6 Å². The summed E-state index contributed by atoms with van der Waals surface area (Å²) in [5.74, 6) is 1.25. The minimum absolute atomic E-state index is 0. The number of nitrogens with zero attached hydrogens (tertiary/aromatic N) is 3. The zero-order valence-electron chi connectivity index (χ0n) is 13.3. The molecule has 1 fully saturated rings. The van der Waals surface area contributed by atoms with Gasteiger partial charge in [0.25, 0.3) is 5.88 Å². The molecule has 1 aromatic heterocycles. The molecule has 2 rings (SSSR count). The van der Waals surface area contributed by atoms with Crippen LogP contribution in [-0.4, -0.2) is 70.4 Å². The van der Waals surface area contributed by atoms with Crippen LogP contribution in [0.4, 0.5) is 5.82 Å². The number of nitrogens with one attached hydrogen (secondary N) is 1. The molecule has 0 radical (unpaired) electrons. The Kier molecular flexibility index (Phi) is 7.43. The fourth-order valence-corrected chi connectivity index (χ4v) is 2.41. The Morgan fingerprint density at radius 3 is 2.68 bits per heavy atom. The van der Waals surface area contributed by atoms with Gasteiger partial charge in [0.15, 0.2) is 0 Å². The number of anilines is 1. The van der Waals surface area contributed by atoms with E-state index in [4.69, 9.17) is 9.47 Å². The van der Waals surface area contributed by atoms with Gasteiger partial charge in [-0.3, -0.25) is 0 Å². The van der Waals surface area contributed by atoms with Gasteiger partial charge in [-0.1, -0.05) is 0 Å². The molecule has 128 valence electrons. The number of morpholine rings is 1. The Hall–Kier alpha value is -1.00. The second-order valence-electron chi connectivity index (χ2n) is 6.09. The minimum Gasteiger partial charge on any atom is -0.472 e. The molecule has 0 bridgehead atoms. The third-order valence-electron chi connectivity index (χ3n) is 3.03. The van der Waals surface area contributed by atoms with Crippen LogP contribution in [0.1, 0.15) is 20.8 Å². The largest absolute Gasteiger partial charge is 0.472 e. The van der Waals surface area contributed by atoms with Crippen LogP contribution >= 0.6 is 11.7 Å². The van der Waals surface area contributed by atoms with Gasteiger partial charge in [0.05, 0.1) is 24.9 Å². The average Bonchev–Trinajstić information content (AvgIpc) is 2.91. The molecule has 1 aromatic rings. The highest BCUT2D eigenvalue weighted by atomic mass is 32.1. The van der Waals surface area contributed by atoms with Gasteiger partial charge in [-0.15, -0.1) is 4.37 Å². The quantitative estimate of drug-likeness (QED) is 0.733. The standard InChI is InChI=1S/C13H24N4O3S.H2O/c1-13(2,3)14-8-10(18)9-20-12-11(15-21-16-12)17-4-6-19-7-5-17;/h10,14,18H,4-9H2,1-3H3;1H2/t10-;/m0./s1. The van der Waals surface area contributed by atoms with Crippen LogP contribution in [0.15, 0.2) is 0 Å². The predicted octanol–water partition coefficient (Wildman–Crippen LogP) is -0.322. The Morgan fingerprint density at radius 2 is 2.05 bits per heavy atom. The van der Waals surface area contributed by atoms with Crippen LogP contribution in [0.2, 0.25) is 0 Å². The Labute approximate surface area is 135 Å². The monoisotopic (exact) mass is 334 g/mol. The van der Waals surface area contributed by atoms with Gasteiger partial charge in [0.1, 0.15) is 12.7 Å². The summed E-state index contributed by atoms with van der Waals surface area (Å²) in [4.78, 5) is 2.10. The lowest BCUT2D eigenvalue weighted by molar-refractivity contribution is 0.0975. The van der Waals surface area contributed by atoms with Gasteiger partial charge in [0, 0.05) is 25.2 Å². The third kappa shape index (κ3) is 6.01. The van der Waals surface area contributed by atoms with Crippen molar-refractivity contribution in [3.05, 3.63) is 0 Å². The Balaban J connectivity index is 0.00000242. The first-order chi connectivity index (χ1) is 9.96. The highest BCUT2D eigenvalue weighted by Gasteiger charge is 2.21. The van der Waals surface area contributed by atoms with Crippen molar-refractivity contribution in [1.29, 1.82) is 0 Å². The first-order valence-corrected chi connectivity index (χ1v) is 7.90. The summed E-state index contributed by atoms with van der Waals surface area (Å²) in [7, 11) is 0. The highest BCUT2D eigenvalue weighted by Crippen LogP contribution is 2.26. The van der Waals surface area contributed by atoms with E-state index in [1.165, 1.54) is 0 Å². The summed E-state index contributed by atoms with van der Waals surface area (Å²) in [6.45, 7) is 9.81. The maximum Gasteiger partial charge on any atom is 0.270 e. The average molecular weight is 334 g/mol. The molecule has 1 aliphatic heterocycles. The zero-order chi connectivity index (χ0) is 15.3. The lowest BCUT2D eigenvalue weighted by Crippen LogP contribution is -2.42. The van der Waals surface area contributed by atoms with E-state index >= 15 is 0 Å². The molecule has 8 nitrogen and oxygen atoms in total. The summed E-state index contributed by atoms with van der Waals surface area (Å²) in [5, 5.41) is 13.2. The number of hydrogen-bond acceptors (Lipinski definition) is 8. The molecule has 0 aliphatic carbocycles. The highest BCUT2D eigenvalue weighted by molar-refractivity contribution is 6.99. The van der Waals surface area contributed by atoms with Gasteiger partial charge >= 0.3 is 0 Å². The number of rotatable bonds is 6. The molecule has 0 saturated carbocycles. The van der Waals surface area contributed by atoms with Crippen LogP contribution in [0, 0.1) is 0 Å². The van der Waals surface area contributed by atoms with Crippen molar-refractivity contribution < 1.29 is 20.1 Å². The van der Waals surface area contributed by atoms with Crippen LogP contribution in [0.25, 0.3) is 0 Å². The van der Waals surface area contributed by atoms with E-state index in [0.29, 0.717) is 25.6 Å². The van der Waals surface area contributed by atoms with Crippen LogP contribution in [-0.2, 0) is 4.74 Å². The molecular formula is C13H26N4O4S. The molecule has 9 heteroatoms. The van der Waals surface area contributed by atoms with Crippen molar-refractivity contribution in [1.82, 2.24) is 14.1 Å². The van der Waals surface area contributed by atoms with Gasteiger partial charge < -0.3 is 30.3 Å². The zero-order valence-corrected chi connectivity index (χ0v) is 14.2. The molecule has 0 aromatic carbocycles. The summed E-state index contributed by atoms with van der Waals surface area (Å²) >= 11 is 1.12. The summed E-state index contributed by atoms with van der Waals surface area (Å²) in [5.41, 5.74) is -0.0257. The van der Waals surface area contributed by atoms with E-state index in [9.17, 15) is 5.11 Å². The molecular weight excluding hydrogens is 308 g/mol. The van der Waals surface area contributed by atoms with Gasteiger partial charge in [-0.2, -0.15) is 4.37 Å². The summed E-state index contributed by atoms with van der Waals surface area (Å²) in [6.07, 6.45) is -0.580. The summed E-state index contributed by atoms with van der Waals surface area (Å²) < 4.78 is 19.4. The van der Waals surface area contributed by atoms with Crippen molar-refractivity contribution in [3.8, 4) is 5.88 Å². The minimum atomic E-state index is -0.580. The molecule has 22 heavy (non-hydrogen) atoms. The van der Waals surface area contributed by atoms with E-state index in [2.05, 4.69) is 39.7 Å². The number of hydrogen-bond donors (Lipinski definition) is 2. The number of aliphatic hydroxyl groups is 1. The number of aromatic nitrogens is 2. The van der Waals surface area contributed by atoms with E-state index in [1.807, 2.05) is 0 Å². The molecule has 4 N–H and O–H groups in total. The normalized spacial score (nSPS) is 17.0. The molecule has 0 amide bonds. The van der Waals surface area contributed by atoms with Crippen molar-refractivity contribution in [2.75, 3.05) is 44.4 Å². The number of β-amino-alcohol motifs (C(OH)–C–C–N with tert-alkyl or cyclic N) is 1. The Morgan fingerprint density at radius 1 is 1.36 bits per heavy atom. The first kappa shape index (κ1) is 19.0. The fraction of sp³-hybridized carbons (Fsp3) is 0.846. The predicted molar refractivity (Wildman–Crippen MR) is 85.8 cm³/mol. The van der Waals surface area contributed by atoms with E-state index in [1.54, 1.807) is 0 Å². The van der Waals surface area contributed by atoms with Crippen LogP contribution in [0.3, 0.4) is 0 Å². The first-order valence-electron chi connectivity index (χ1n) is 7.17. The number of aliphatic hydroxyl groups excluding tert-OH is 1. The van der Waals surface area contributed by atoms with E-state index < -0.39 is 6.10 Å². The molecule has 0 unspecified atom stereocenters. The fourth-order valence-electron chi connectivity index (χ4n) is 1.89. The summed E-state index contributed by atoms with van der Waals surface area (Å²) in [6, 6.07) is 0. The van der Waals surface area contributed by atoms with Crippen molar-refractivity contribution in [3.63, 3.8) is 0 Å².